The lowest BCUT2D eigenvalue weighted by Gasteiger charge is -2.36. The molecule has 0 aromatic heterocycles. The number of nitrogens with zero attached hydrogens (tertiary/aromatic N) is 1. The van der Waals surface area contributed by atoms with E-state index in [4.69, 9.17) is 0 Å². The van der Waals surface area contributed by atoms with Crippen LogP contribution in [0.5, 0.6) is 0 Å². The van der Waals surface area contributed by atoms with Gasteiger partial charge >= 0.3 is 6.03 Å². The van der Waals surface area contributed by atoms with Crippen LogP contribution in [0, 0.1) is 5.92 Å². The van der Waals surface area contributed by atoms with Crippen LogP contribution in [0.2, 0.25) is 0 Å². The number of rotatable bonds is 3. The van der Waals surface area contributed by atoms with Crippen LogP contribution in [0.1, 0.15) is 45.4 Å². The Morgan fingerprint density at radius 3 is 2.52 bits per heavy atom. The first-order valence-corrected chi connectivity index (χ1v) is 9.77. The number of hydrogen-bond donors (Lipinski definition) is 2. The first kappa shape index (κ1) is 16.5. The fourth-order valence-electron chi connectivity index (χ4n) is 3.34. The number of piperidine rings is 1. The van der Waals surface area contributed by atoms with Crippen molar-refractivity contribution in [1.82, 2.24) is 14.9 Å². The van der Waals surface area contributed by atoms with Crippen molar-refractivity contribution in [2.45, 2.75) is 57.5 Å². The van der Waals surface area contributed by atoms with E-state index in [1.807, 2.05) is 0 Å². The maximum absolute atomic E-state index is 12.4. The molecule has 0 radical (unpaired) electrons. The zero-order valence-electron chi connectivity index (χ0n) is 13.0. The summed E-state index contributed by atoms with van der Waals surface area (Å²) in [6.07, 6.45) is 7.42. The molecule has 0 aromatic rings. The highest BCUT2D eigenvalue weighted by Gasteiger charge is 2.28. The van der Waals surface area contributed by atoms with Gasteiger partial charge in [-0.1, -0.05) is 19.8 Å². The number of sulfonamides is 1. The average molecular weight is 317 g/mol. The minimum atomic E-state index is -3.22. The summed E-state index contributed by atoms with van der Waals surface area (Å²) < 4.78 is 25.2. The molecule has 2 amide bonds. The molecule has 7 heteroatoms. The van der Waals surface area contributed by atoms with Gasteiger partial charge in [-0.3, -0.25) is 0 Å². The van der Waals surface area contributed by atoms with E-state index in [0.29, 0.717) is 19.0 Å². The van der Waals surface area contributed by atoms with Crippen LogP contribution in [0.25, 0.3) is 0 Å². The van der Waals surface area contributed by atoms with Gasteiger partial charge in [-0.15, -0.1) is 0 Å². The van der Waals surface area contributed by atoms with Crippen molar-refractivity contribution >= 4 is 16.1 Å². The highest BCUT2D eigenvalue weighted by molar-refractivity contribution is 7.88. The number of likely N-dealkylation sites (tertiary alicyclic amines) is 1. The van der Waals surface area contributed by atoms with Gasteiger partial charge in [-0.05, 0) is 31.6 Å². The SMILES string of the molecule is C[C@@H]1CCCC[C@@H]1NC(=O)N1CCC[C@@H](NS(C)(=O)=O)C1. The van der Waals surface area contributed by atoms with E-state index in [-0.39, 0.29) is 18.1 Å². The van der Waals surface area contributed by atoms with E-state index in [0.717, 1.165) is 25.5 Å². The summed E-state index contributed by atoms with van der Waals surface area (Å²) in [7, 11) is -3.22. The Bertz CT molecular complexity index is 466. The van der Waals surface area contributed by atoms with Gasteiger partial charge in [-0.2, -0.15) is 0 Å². The molecule has 2 rings (SSSR count). The lowest BCUT2D eigenvalue weighted by atomic mass is 9.86. The number of hydrogen-bond acceptors (Lipinski definition) is 3. The van der Waals surface area contributed by atoms with Crippen molar-refractivity contribution in [2.24, 2.45) is 5.92 Å². The van der Waals surface area contributed by atoms with E-state index in [2.05, 4.69) is 17.0 Å². The van der Waals surface area contributed by atoms with Crippen molar-refractivity contribution < 1.29 is 13.2 Å². The molecule has 1 saturated carbocycles. The molecular formula is C14H27N3O3S. The van der Waals surface area contributed by atoms with Gasteiger partial charge in [0.15, 0.2) is 0 Å². The summed E-state index contributed by atoms with van der Waals surface area (Å²) in [6.45, 7) is 3.35. The zero-order chi connectivity index (χ0) is 15.5. The van der Waals surface area contributed by atoms with Crippen LogP contribution in [0.4, 0.5) is 4.79 Å². The molecule has 2 aliphatic rings. The van der Waals surface area contributed by atoms with Crippen molar-refractivity contribution in [3.63, 3.8) is 0 Å². The first-order chi connectivity index (χ1) is 9.85. The van der Waals surface area contributed by atoms with Crippen LogP contribution in [-0.2, 0) is 10.0 Å². The molecule has 0 aromatic carbocycles. The van der Waals surface area contributed by atoms with E-state index >= 15 is 0 Å². The lowest BCUT2D eigenvalue weighted by molar-refractivity contribution is 0.165. The van der Waals surface area contributed by atoms with Crippen LogP contribution < -0.4 is 10.0 Å². The zero-order valence-corrected chi connectivity index (χ0v) is 13.8. The number of amides is 2. The third-order valence-electron chi connectivity index (χ3n) is 4.51. The third-order valence-corrected chi connectivity index (χ3v) is 5.27. The standard InChI is InChI=1S/C14H27N3O3S/c1-11-6-3-4-8-13(11)15-14(18)17-9-5-7-12(10-17)16-21(2,19)20/h11-13,16H,3-10H2,1-2H3,(H,15,18)/t11-,12-,13+/m1/s1. The summed E-state index contributed by atoms with van der Waals surface area (Å²) in [6, 6.07) is 0.0477. The predicted octanol–water partition coefficient (Wildman–Crippen LogP) is 1.29. The minimum Gasteiger partial charge on any atom is -0.335 e. The Labute approximate surface area is 127 Å². The van der Waals surface area contributed by atoms with Crippen LogP contribution in [0.3, 0.4) is 0 Å². The Morgan fingerprint density at radius 1 is 1.14 bits per heavy atom. The highest BCUT2D eigenvalue weighted by Crippen LogP contribution is 2.24. The fourth-order valence-corrected chi connectivity index (χ4v) is 4.14. The molecular weight excluding hydrogens is 290 g/mol. The van der Waals surface area contributed by atoms with E-state index in [1.165, 1.54) is 19.3 Å². The molecule has 122 valence electrons. The molecule has 1 aliphatic heterocycles. The van der Waals surface area contributed by atoms with Gasteiger partial charge in [0.05, 0.1) is 6.26 Å². The topological polar surface area (TPSA) is 78.5 Å². The van der Waals surface area contributed by atoms with Gasteiger partial charge in [-0.25, -0.2) is 17.9 Å². The first-order valence-electron chi connectivity index (χ1n) is 7.88. The van der Waals surface area contributed by atoms with Crippen molar-refractivity contribution in [1.29, 1.82) is 0 Å². The van der Waals surface area contributed by atoms with Gasteiger partial charge < -0.3 is 10.2 Å². The van der Waals surface area contributed by atoms with E-state index in [1.54, 1.807) is 4.90 Å². The van der Waals surface area contributed by atoms with Crippen LogP contribution >= 0.6 is 0 Å². The molecule has 1 aliphatic carbocycles. The number of nitrogens with one attached hydrogen (secondary N) is 2. The minimum absolute atomic E-state index is 0.0475. The summed E-state index contributed by atoms with van der Waals surface area (Å²) in [4.78, 5) is 14.1. The van der Waals surface area contributed by atoms with Gasteiger partial charge in [0, 0.05) is 25.2 Å². The Hall–Kier alpha value is -0.820. The monoisotopic (exact) mass is 317 g/mol. The van der Waals surface area contributed by atoms with Crippen LogP contribution in [0.15, 0.2) is 0 Å². The molecule has 1 saturated heterocycles. The maximum Gasteiger partial charge on any atom is 0.317 e. The molecule has 0 bridgehead atoms. The van der Waals surface area contributed by atoms with E-state index in [9.17, 15) is 13.2 Å². The number of carbonyl (C=O) groups excluding carboxylic acids is 1. The van der Waals surface area contributed by atoms with Gasteiger partial charge in [0.25, 0.3) is 0 Å². The van der Waals surface area contributed by atoms with E-state index < -0.39 is 10.0 Å². The highest BCUT2D eigenvalue weighted by atomic mass is 32.2. The Kier molecular flexibility index (Phi) is 5.48. The lowest BCUT2D eigenvalue weighted by Crippen LogP contribution is -2.54. The summed E-state index contributed by atoms with van der Waals surface area (Å²) in [5, 5.41) is 3.13. The quantitative estimate of drug-likeness (QED) is 0.823. The van der Waals surface area contributed by atoms with Gasteiger partial charge in [0.2, 0.25) is 10.0 Å². The summed E-state index contributed by atoms with van der Waals surface area (Å²) in [5.41, 5.74) is 0. The van der Waals surface area contributed by atoms with Crippen LogP contribution in [-0.4, -0.2) is 50.8 Å². The normalized spacial score (nSPS) is 31.0. The largest absolute Gasteiger partial charge is 0.335 e. The molecule has 2 fully saturated rings. The molecule has 2 N–H and O–H groups in total. The fraction of sp³-hybridized carbons (Fsp3) is 0.929. The second-order valence-corrected chi connectivity index (χ2v) is 8.27. The Morgan fingerprint density at radius 2 is 1.86 bits per heavy atom. The second-order valence-electron chi connectivity index (χ2n) is 6.49. The smallest absolute Gasteiger partial charge is 0.317 e. The maximum atomic E-state index is 12.4. The summed E-state index contributed by atoms with van der Waals surface area (Å²) >= 11 is 0. The predicted molar refractivity (Wildman–Crippen MR) is 82.5 cm³/mol. The third kappa shape index (κ3) is 5.14. The number of carbonyl (C=O) groups is 1. The Balaban J connectivity index is 1.86. The van der Waals surface area contributed by atoms with Crippen molar-refractivity contribution in [3.05, 3.63) is 0 Å². The molecule has 3 atom stereocenters. The average Bonchev–Trinajstić information content (AvgIpc) is 2.39. The molecule has 1 heterocycles. The summed E-state index contributed by atoms with van der Waals surface area (Å²) in [5.74, 6) is 0.525. The molecule has 6 nitrogen and oxygen atoms in total. The van der Waals surface area contributed by atoms with Crippen molar-refractivity contribution in [2.75, 3.05) is 19.3 Å². The van der Waals surface area contributed by atoms with Gasteiger partial charge in [0.1, 0.15) is 0 Å². The van der Waals surface area contributed by atoms with Crippen molar-refractivity contribution in [3.8, 4) is 0 Å². The number of urea groups is 1. The molecule has 21 heavy (non-hydrogen) atoms. The molecule has 0 unspecified atom stereocenters. The molecule has 0 spiro atoms. The second kappa shape index (κ2) is 6.96.